The highest BCUT2D eigenvalue weighted by Gasteiger charge is 2.19. The van der Waals surface area contributed by atoms with Crippen LogP contribution in [-0.4, -0.2) is 19.0 Å². The molecular weight excluding hydrogens is 293 g/mol. The molecule has 3 nitrogen and oxygen atoms in total. The summed E-state index contributed by atoms with van der Waals surface area (Å²) in [5.74, 6) is 0.634. The molecule has 0 saturated carbocycles. The van der Waals surface area contributed by atoms with Gasteiger partial charge in [-0.3, -0.25) is 4.79 Å². The molecule has 88 valence electrons. The molecule has 0 heterocycles. The number of nitrogens with zero attached hydrogens (tertiary/aromatic N) is 1. The monoisotopic (exact) mass is 305 g/mol. The highest BCUT2D eigenvalue weighted by molar-refractivity contribution is 9.18. The second kappa shape index (κ2) is 5.06. The van der Waals surface area contributed by atoms with Crippen molar-refractivity contribution < 1.29 is 9.53 Å². The lowest BCUT2D eigenvalue weighted by atomic mass is 10.1. The Balaban J connectivity index is 3.47. The molecule has 0 radical (unpaired) electrons. The molecule has 0 atom stereocenters. The van der Waals surface area contributed by atoms with Gasteiger partial charge in [-0.05, 0) is 31.0 Å². The van der Waals surface area contributed by atoms with Crippen molar-refractivity contribution in [3.05, 3.63) is 22.2 Å². The summed E-state index contributed by atoms with van der Waals surface area (Å²) < 4.78 is 5.26. The van der Waals surface area contributed by atoms with E-state index in [1.54, 1.807) is 14.2 Å². The average molecular weight is 307 g/mol. The maximum atomic E-state index is 11.3. The second-order valence-electron chi connectivity index (χ2n) is 3.50. The summed E-state index contributed by atoms with van der Waals surface area (Å²) in [4.78, 5) is 12.5. The van der Waals surface area contributed by atoms with Gasteiger partial charge in [0.1, 0.15) is 5.75 Å². The minimum Gasteiger partial charge on any atom is -0.495 e. The number of benzene rings is 1. The third-order valence-electron chi connectivity index (χ3n) is 2.43. The van der Waals surface area contributed by atoms with Crippen molar-refractivity contribution in [2.24, 2.45) is 0 Å². The van der Waals surface area contributed by atoms with Crippen molar-refractivity contribution in [2.75, 3.05) is 19.1 Å². The van der Waals surface area contributed by atoms with Crippen LogP contribution in [0.1, 0.15) is 11.1 Å². The number of hydrogen-bond acceptors (Lipinski definition) is 2. The van der Waals surface area contributed by atoms with Gasteiger partial charge >= 0.3 is 0 Å². The number of carbonyl (C=O) groups excluding carboxylic acids is 1. The maximum Gasteiger partial charge on any atom is 0.293 e. The van der Waals surface area contributed by atoms with Gasteiger partial charge in [0.15, 0.2) is 0 Å². The molecule has 0 fully saturated rings. The normalized spacial score (nSPS) is 10.1. The smallest absolute Gasteiger partial charge is 0.293 e. The van der Waals surface area contributed by atoms with Crippen molar-refractivity contribution in [1.82, 2.24) is 0 Å². The molecule has 0 aliphatic rings. The Bertz CT molecular complexity index is 434. The van der Waals surface area contributed by atoms with Crippen molar-refractivity contribution in [3.63, 3.8) is 0 Å². The number of anilines is 1. The van der Waals surface area contributed by atoms with Gasteiger partial charge in [-0.15, -0.1) is 0 Å². The predicted octanol–water partition coefficient (Wildman–Crippen LogP) is 3.92. The first-order valence-corrected chi connectivity index (χ1v) is 5.84. The van der Waals surface area contributed by atoms with E-state index in [9.17, 15) is 4.79 Å². The van der Waals surface area contributed by atoms with Crippen LogP contribution in [0.5, 0.6) is 5.75 Å². The van der Waals surface area contributed by atoms with Gasteiger partial charge in [-0.1, -0.05) is 11.6 Å². The molecule has 16 heavy (non-hydrogen) atoms. The average Bonchev–Trinajstić information content (AvgIpc) is 2.24. The van der Waals surface area contributed by atoms with E-state index >= 15 is 0 Å². The molecular formula is C11H13BrClNO2. The molecule has 0 bridgehead atoms. The van der Waals surface area contributed by atoms with Gasteiger partial charge < -0.3 is 9.64 Å². The van der Waals surface area contributed by atoms with E-state index in [2.05, 4.69) is 15.9 Å². The fourth-order valence-electron chi connectivity index (χ4n) is 1.57. The van der Waals surface area contributed by atoms with Crippen molar-refractivity contribution in [1.29, 1.82) is 0 Å². The van der Waals surface area contributed by atoms with E-state index < -0.39 is 0 Å². The molecule has 0 unspecified atom stereocenters. The van der Waals surface area contributed by atoms with Gasteiger partial charge in [0.25, 0.3) is 4.82 Å². The van der Waals surface area contributed by atoms with E-state index in [0.29, 0.717) is 16.5 Å². The molecule has 0 aromatic heterocycles. The molecule has 1 aromatic carbocycles. The Hall–Kier alpha value is -0.740. The molecule has 0 saturated heterocycles. The Morgan fingerprint density at radius 2 is 2.06 bits per heavy atom. The summed E-state index contributed by atoms with van der Waals surface area (Å²) in [7, 11) is 3.23. The fourth-order valence-corrected chi connectivity index (χ4v) is 1.89. The molecule has 0 aliphatic heterocycles. The Kier molecular flexibility index (Phi) is 4.21. The molecule has 5 heteroatoms. The zero-order valence-corrected chi connectivity index (χ0v) is 11.9. The Labute approximate surface area is 108 Å². The van der Waals surface area contributed by atoms with Crippen LogP contribution in [0.4, 0.5) is 10.5 Å². The lowest BCUT2D eigenvalue weighted by Crippen LogP contribution is -2.21. The van der Waals surface area contributed by atoms with Gasteiger partial charge in [0.05, 0.1) is 12.8 Å². The maximum absolute atomic E-state index is 11.3. The first-order valence-electron chi connectivity index (χ1n) is 4.67. The third-order valence-corrected chi connectivity index (χ3v) is 3.54. The van der Waals surface area contributed by atoms with Crippen molar-refractivity contribution in [3.8, 4) is 5.75 Å². The van der Waals surface area contributed by atoms with Crippen LogP contribution in [0, 0.1) is 13.8 Å². The van der Waals surface area contributed by atoms with Crippen LogP contribution in [0.2, 0.25) is 5.02 Å². The molecule has 0 aliphatic carbocycles. The van der Waals surface area contributed by atoms with Gasteiger partial charge in [-0.2, -0.15) is 0 Å². The molecule has 1 rings (SSSR count). The minimum absolute atomic E-state index is 0.242. The van der Waals surface area contributed by atoms with Crippen molar-refractivity contribution >= 4 is 38.0 Å². The standard InChI is InChI=1S/C11H13BrClNO2/c1-6-5-8(16-4)10(7(2)9(6)13)14(3)11(12)15/h5H,1-4H3. The number of amides is 1. The summed E-state index contributed by atoms with van der Waals surface area (Å²) in [6, 6.07) is 1.82. The van der Waals surface area contributed by atoms with E-state index in [1.165, 1.54) is 4.90 Å². The Morgan fingerprint density at radius 3 is 2.50 bits per heavy atom. The lowest BCUT2D eigenvalue weighted by molar-refractivity contribution is 0.266. The number of ether oxygens (including phenoxy) is 1. The van der Waals surface area contributed by atoms with Gasteiger partial charge in [0, 0.05) is 28.0 Å². The zero-order chi connectivity index (χ0) is 12.5. The van der Waals surface area contributed by atoms with Crippen LogP contribution >= 0.6 is 27.5 Å². The summed E-state index contributed by atoms with van der Waals surface area (Å²) in [5.41, 5.74) is 2.43. The van der Waals surface area contributed by atoms with Crippen LogP contribution < -0.4 is 9.64 Å². The number of aryl methyl sites for hydroxylation is 1. The molecule has 1 amide bonds. The van der Waals surface area contributed by atoms with Crippen LogP contribution in [0.3, 0.4) is 0 Å². The number of halogens is 2. The van der Waals surface area contributed by atoms with Crippen LogP contribution in [0.15, 0.2) is 6.07 Å². The molecule has 0 N–H and O–H groups in total. The molecule has 0 spiro atoms. The molecule has 1 aromatic rings. The lowest BCUT2D eigenvalue weighted by Gasteiger charge is -2.21. The highest BCUT2D eigenvalue weighted by Crippen LogP contribution is 2.38. The largest absolute Gasteiger partial charge is 0.495 e. The van der Waals surface area contributed by atoms with Crippen LogP contribution in [-0.2, 0) is 0 Å². The van der Waals surface area contributed by atoms with E-state index in [-0.39, 0.29) is 4.82 Å². The van der Waals surface area contributed by atoms with Gasteiger partial charge in [0.2, 0.25) is 0 Å². The number of rotatable bonds is 2. The summed E-state index contributed by atoms with van der Waals surface area (Å²) in [5, 5.41) is 0.649. The first-order chi connectivity index (χ1) is 7.40. The summed E-state index contributed by atoms with van der Waals surface area (Å²) >= 11 is 9.06. The summed E-state index contributed by atoms with van der Waals surface area (Å²) in [6.45, 7) is 3.76. The van der Waals surface area contributed by atoms with Crippen molar-refractivity contribution in [2.45, 2.75) is 13.8 Å². The van der Waals surface area contributed by atoms with E-state index in [1.807, 2.05) is 19.9 Å². The number of methoxy groups -OCH3 is 1. The van der Waals surface area contributed by atoms with E-state index in [0.717, 1.165) is 11.1 Å². The van der Waals surface area contributed by atoms with E-state index in [4.69, 9.17) is 16.3 Å². The predicted molar refractivity (Wildman–Crippen MR) is 70.2 cm³/mol. The quantitative estimate of drug-likeness (QED) is 0.612. The number of hydrogen-bond donors (Lipinski definition) is 0. The first kappa shape index (κ1) is 13.3. The third kappa shape index (κ3) is 2.33. The number of carbonyl (C=O) groups is 1. The summed E-state index contributed by atoms with van der Waals surface area (Å²) in [6.07, 6.45) is 0. The SMILES string of the molecule is COc1cc(C)c(Cl)c(C)c1N(C)C(=O)Br. The van der Waals surface area contributed by atoms with Gasteiger partial charge in [-0.25, -0.2) is 0 Å². The zero-order valence-electron chi connectivity index (χ0n) is 9.60. The van der Waals surface area contributed by atoms with Crippen LogP contribution in [0.25, 0.3) is 0 Å². The highest BCUT2D eigenvalue weighted by atomic mass is 79.9. The fraction of sp³-hybridized carbons (Fsp3) is 0.364. The second-order valence-corrected chi connectivity index (χ2v) is 4.55. The Morgan fingerprint density at radius 1 is 1.50 bits per heavy atom. The topological polar surface area (TPSA) is 29.5 Å². The minimum atomic E-state index is -0.242.